The third-order valence-electron chi connectivity index (χ3n) is 6.04. The van der Waals surface area contributed by atoms with Gasteiger partial charge >= 0.3 is 6.03 Å². The molecule has 4 amide bonds. The molecule has 1 saturated heterocycles. The van der Waals surface area contributed by atoms with Crippen molar-refractivity contribution in [2.75, 3.05) is 13.7 Å². The smallest absolute Gasteiger partial charge is 0.325 e. The van der Waals surface area contributed by atoms with Gasteiger partial charge in [0, 0.05) is 6.42 Å². The minimum atomic E-state index is -1.39. The number of hydrogen-bond donors (Lipinski definition) is 1. The number of carbonyl (C=O) groups is 3. The summed E-state index contributed by atoms with van der Waals surface area (Å²) in [5.41, 5.74) is 0.118. The van der Waals surface area contributed by atoms with Crippen LogP contribution in [0.15, 0.2) is 75.0 Å². The number of nitrogens with one attached hydrogen (secondary N) is 1. The lowest BCUT2D eigenvalue weighted by atomic mass is 9.99. The molecule has 1 N–H and O–H groups in total. The highest BCUT2D eigenvalue weighted by Gasteiger charge is 2.52. The summed E-state index contributed by atoms with van der Waals surface area (Å²) in [4.78, 5) is 39.9. The van der Waals surface area contributed by atoms with Gasteiger partial charge in [0.1, 0.15) is 29.9 Å². The normalized spacial score (nSPS) is 22.2. The Bertz CT molecular complexity index is 1250. The van der Waals surface area contributed by atoms with Gasteiger partial charge in [-0.15, -0.1) is 0 Å². The van der Waals surface area contributed by atoms with Crippen molar-refractivity contribution >= 4 is 23.6 Å². The summed E-state index contributed by atoms with van der Waals surface area (Å²) in [5.74, 6) is 0.454. The van der Waals surface area contributed by atoms with Gasteiger partial charge in [-0.25, -0.2) is 9.80 Å². The van der Waals surface area contributed by atoms with E-state index in [0.29, 0.717) is 23.6 Å². The summed E-state index contributed by atoms with van der Waals surface area (Å²) in [5, 5.41) is 8.44. The Balaban J connectivity index is 1.40. The van der Waals surface area contributed by atoms with Crippen molar-refractivity contribution < 1.29 is 28.0 Å². The quantitative estimate of drug-likeness (QED) is 0.563. The molecular formula is C24H22N4O6. The van der Waals surface area contributed by atoms with Gasteiger partial charge in [-0.1, -0.05) is 0 Å². The molecular weight excluding hydrogens is 440 g/mol. The van der Waals surface area contributed by atoms with Gasteiger partial charge in [0.05, 0.1) is 25.3 Å². The number of imide groups is 1. The number of ether oxygens (including phenoxy) is 1. The topological polar surface area (TPSA) is 118 Å². The highest BCUT2D eigenvalue weighted by molar-refractivity contribution is 6.09. The van der Waals surface area contributed by atoms with Crippen LogP contribution in [-0.4, -0.2) is 47.1 Å². The number of hydrogen-bond acceptors (Lipinski definition) is 7. The van der Waals surface area contributed by atoms with Crippen LogP contribution in [0.25, 0.3) is 0 Å². The molecule has 2 atom stereocenters. The molecule has 4 heterocycles. The van der Waals surface area contributed by atoms with Crippen molar-refractivity contribution in [3.63, 3.8) is 0 Å². The Morgan fingerprint density at radius 3 is 2.53 bits per heavy atom. The molecule has 34 heavy (non-hydrogen) atoms. The lowest BCUT2D eigenvalue weighted by molar-refractivity contribution is -0.140. The average molecular weight is 462 g/mol. The van der Waals surface area contributed by atoms with E-state index in [1.807, 2.05) is 24.3 Å². The fraction of sp³-hybridized carbons (Fsp3) is 0.250. The maximum absolute atomic E-state index is 13.3. The predicted molar refractivity (Wildman–Crippen MR) is 119 cm³/mol. The Hall–Kier alpha value is -4.34. The first-order chi connectivity index (χ1) is 16.4. The molecule has 0 spiro atoms. The van der Waals surface area contributed by atoms with Gasteiger partial charge in [-0.2, -0.15) is 5.10 Å². The summed E-state index contributed by atoms with van der Waals surface area (Å²) in [6.07, 6.45) is 3.35. The molecule has 1 fully saturated rings. The third kappa shape index (κ3) is 3.53. The Morgan fingerprint density at radius 2 is 1.88 bits per heavy atom. The highest BCUT2D eigenvalue weighted by Crippen LogP contribution is 2.34. The fourth-order valence-corrected chi connectivity index (χ4v) is 4.18. The maximum Gasteiger partial charge on any atom is 0.325 e. The summed E-state index contributed by atoms with van der Waals surface area (Å²) in [6.45, 7) is 1.07. The van der Waals surface area contributed by atoms with Crippen LogP contribution in [0, 0.1) is 0 Å². The van der Waals surface area contributed by atoms with Crippen LogP contribution in [0.3, 0.4) is 0 Å². The van der Waals surface area contributed by atoms with Crippen molar-refractivity contribution in [3.05, 3.63) is 78.1 Å². The van der Waals surface area contributed by atoms with Gasteiger partial charge in [0.2, 0.25) is 0 Å². The van der Waals surface area contributed by atoms with Crippen molar-refractivity contribution in [1.82, 2.24) is 15.2 Å². The van der Waals surface area contributed by atoms with Crippen LogP contribution >= 0.6 is 0 Å². The van der Waals surface area contributed by atoms with E-state index in [-0.39, 0.29) is 5.76 Å². The van der Waals surface area contributed by atoms with Crippen molar-refractivity contribution in [1.29, 1.82) is 0 Å². The molecule has 0 radical (unpaired) electrons. The lowest BCUT2D eigenvalue weighted by Crippen LogP contribution is -2.43. The van der Waals surface area contributed by atoms with E-state index in [1.165, 1.54) is 24.5 Å². The second kappa shape index (κ2) is 8.22. The molecule has 2 aliphatic heterocycles. The summed E-state index contributed by atoms with van der Waals surface area (Å²) in [6, 6.07) is 12.9. The molecule has 0 bridgehead atoms. The fourth-order valence-electron chi connectivity index (χ4n) is 4.18. The molecule has 10 heteroatoms. The number of benzene rings is 1. The van der Waals surface area contributed by atoms with E-state index in [1.54, 1.807) is 31.4 Å². The number of carbonyl (C=O) groups excluding carboxylic acids is 3. The number of hydrazone groups is 1. The van der Waals surface area contributed by atoms with Crippen LogP contribution in [-0.2, 0) is 15.1 Å². The molecule has 2 aromatic heterocycles. The SMILES string of the molecule is COc1ccc(C2=NN(C(=O)CN3C(=O)N[C@](C)(c4ccco4)C3=O)[C@@H](c3ccco3)C2)cc1. The average Bonchev–Trinajstić information content (AvgIpc) is 3.64. The van der Waals surface area contributed by atoms with Gasteiger partial charge in [-0.3, -0.25) is 14.5 Å². The Morgan fingerprint density at radius 1 is 1.15 bits per heavy atom. The van der Waals surface area contributed by atoms with Crippen LogP contribution in [0.2, 0.25) is 0 Å². The van der Waals surface area contributed by atoms with Crippen LogP contribution in [0.4, 0.5) is 4.79 Å². The zero-order chi connectivity index (χ0) is 23.9. The summed E-state index contributed by atoms with van der Waals surface area (Å²) >= 11 is 0. The molecule has 10 nitrogen and oxygen atoms in total. The first kappa shape index (κ1) is 21.5. The molecule has 0 aliphatic carbocycles. The van der Waals surface area contributed by atoms with E-state index >= 15 is 0 Å². The largest absolute Gasteiger partial charge is 0.497 e. The van der Waals surface area contributed by atoms with Crippen LogP contribution in [0.1, 0.15) is 36.5 Å². The number of amides is 4. The zero-order valence-corrected chi connectivity index (χ0v) is 18.6. The molecule has 5 rings (SSSR count). The molecule has 3 aromatic rings. The summed E-state index contributed by atoms with van der Waals surface area (Å²) < 4.78 is 16.1. The Labute approximate surface area is 194 Å². The number of nitrogens with zero attached hydrogens (tertiary/aromatic N) is 3. The second-order valence-electron chi connectivity index (χ2n) is 8.17. The standard InChI is InChI=1S/C24H22N4O6/c1-24(20-6-4-12-34-20)22(30)27(23(31)25-24)14-21(29)28-18(19-5-3-11-33-19)13-17(26-28)15-7-9-16(32-2)10-8-15/h3-12,18H,13-14H2,1-2H3,(H,25,31)/t18-,24-/m1/s1. The zero-order valence-electron chi connectivity index (χ0n) is 18.6. The molecule has 2 aliphatic rings. The maximum atomic E-state index is 13.3. The number of urea groups is 1. The number of furan rings is 2. The van der Waals surface area contributed by atoms with Crippen molar-refractivity contribution in [2.24, 2.45) is 5.10 Å². The van der Waals surface area contributed by atoms with Crippen LogP contribution < -0.4 is 10.1 Å². The minimum Gasteiger partial charge on any atom is -0.497 e. The van der Waals surface area contributed by atoms with Crippen molar-refractivity contribution in [3.8, 4) is 5.75 Å². The first-order valence-electron chi connectivity index (χ1n) is 10.7. The molecule has 1 aromatic carbocycles. The van der Waals surface area contributed by atoms with E-state index in [0.717, 1.165) is 10.5 Å². The summed E-state index contributed by atoms with van der Waals surface area (Å²) in [7, 11) is 1.59. The second-order valence-corrected chi connectivity index (χ2v) is 8.17. The predicted octanol–water partition coefficient (Wildman–Crippen LogP) is 3.03. The monoisotopic (exact) mass is 462 g/mol. The van der Waals surface area contributed by atoms with E-state index in [4.69, 9.17) is 13.6 Å². The molecule has 174 valence electrons. The highest BCUT2D eigenvalue weighted by atomic mass is 16.5. The number of rotatable bonds is 6. The van der Waals surface area contributed by atoms with Gasteiger partial charge in [-0.05, 0) is 61.0 Å². The van der Waals surface area contributed by atoms with Gasteiger partial charge in [0.15, 0.2) is 5.54 Å². The van der Waals surface area contributed by atoms with E-state index in [9.17, 15) is 14.4 Å². The molecule has 0 saturated carbocycles. The first-order valence-corrected chi connectivity index (χ1v) is 10.7. The lowest BCUT2D eigenvalue weighted by Gasteiger charge is -2.23. The third-order valence-corrected chi connectivity index (χ3v) is 6.04. The Kier molecular flexibility index (Phi) is 5.20. The van der Waals surface area contributed by atoms with Crippen molar-refractivity contribution in [2.45, 2.75) is 24.9 Å². The minimum absolute atomic E-state index is 0.287. The van der Waals surface area contributed by atoms with Gasteiger partial charge < -0.3 is 18.9 Å². The molecule has 0 unspecified atom stereocenters. The van der Waals surface area contributed by atoms with E-state index < -0.39 is 36.0 Å². The van der Waals surface area contributed by atoms with Crippen LogP contribution in [0.5, 0.6) is 5.75 Å². The van der Waals surface area contributed by atoms with E-state index in [2.05, 4.69) is 10.4 Å². The number of methoxy groups -OCH3 is 1. The van der Waals surface area contributed by atoms with Gasteiger partial charge in [0.25, 0.3) is 11.8 Å².